The summed E-state index contributed by atoms with van der Waals surface area (Å²) in [5.74, 6) is -0.224. The third-order valence-corrected chi connectivity index (χ3v) is 3.27. The maximum Gasteiger partial charge on any atom is 0.319 e. The Balaban J connectivity index is 2.50. The number of carbonyl (C=O) groups is 2. The number of anilines is 1. The second kappa shape index (κ2) is 9.77. The molecule has 1 aromatic carbocycles. The van der Waals surface area contributed by atoms with Gasteiger partial charge in [0.25, 0.3) is 0 Å². The lowest BCUT2D eigenvalue weighted by Gasteiger charge is -2.25. The van der Waals surface area contributed by atoms with Crippen molar-refractivity contribution in [3.8, 4) is 5.75 Å². The highest BCUT2D eigenvalue weighted by Crippen LogP contribution is 2.18. The van der Waals surface area contributed by atoms with E-state index in [1.54, 1.807) is 39.2 Å². The first kappa shape index (κ1) is 19.8. The number of ether oxygens (including phenoxy) is 2. The number of hydrogen-bond acceptors (Lipinski definition) is 4. The minimum atomic E-state index is -0.886. The molecule has 0 saturated carbocycles. The van der Waals surface area contributed by atoms with Crippen LogP contribution in [0, 0.1) is 0 Å². The van der Waals surface area contributed by atoms with Crippen molar-refractivity contribution >= 4 is 17.7 Å². The van der Waals surface area contributed by atoms with Crippen LogP contribution in [-0.4, -0.2) is 43.0 Å². The second-order valence-corrected chi connectivity index (χ2v) is 6.08. The first-order valence-corrected chi connectivity index (χ1v) is 7.85. The van der Waals surface area contributed by atoms with E-state index in [1.165, 1.54) is 0 Å². The molecule has 0 unspecified atom stereocenters. The fourth-order valence-corrected chi connectivity index (χ4v) is 2.01. The second-order valence-electron chi connectivity index (χ2n) is 6.08. The molecule has 3 N–H and O–H groups in total. The molecule has 0 saturated heterocycles. The van der Waals surface area contributed by atoms with Gasteiger partial charge >= 0.3 is 12.0 Å². The number of benzene rings is 1. The topological polar surface area (TPSA) is 96.9 Å². The van der Waals surface area contributed by atoms with Crippen LogP contribution in [0.4, 0.5) is 10.5 Å². The van der Waals surface area contributed by atoms with E-state index in [1.807, 2.05) is 6.07 Å². The molecule has 0 spiro atoms. The lowest BCUT2D eigenvalue weighted by Crippen LogP contribution is -2.45. The smallest absolute Gasteiger partial charge is 0.319 e. The number of hydrogen-bond donors (Lipinski definition) is 3. The quantitative estimate of drug-likeness (QED) is 0.570. The van der Waals surface area contributed by atoms with Crippen LogP contribution in [0.25, 0.3) is 0 Å². The number of urea groups is 1. The molecule has 1 rings (SSSR count). The Morgan fingerprint density at radius 3 is 2.67 bits per heavy atom. The van der Waals surface area contributed by atoms with Crippen LogP contribution in [0.2, 0.25) is 0 Å². The number of nitrogens with one attached hydrogen (secondary N) is 2. The molecule has 7 heteroatoms. The number of amides is 2. The van der Waals surface area contributed by atoms with Crippen molar-refractivity contribution in [2.75, 3.05) is 25.6 Å². The molecule has 2 amide bonds. The number of carbonyl (C=O) groups excluding carboxylic acids is 1. The van der Waals surface area contributed by atoms with Gasteiger partial charge in [0, 0.05) is 43.9 Å². The zero-order chi connectivity index (χ0) is 18.0. The Labute approximate surface area is 142 Å². The van der Waals surface area contributed by atoms with Gasteiger partial charge in [-0.05, 0) is 32.4 Å². The Morgan fingerprint density at radius 1 is 1.25 bits per heavy atom. The third kappa shape index (κ3) is 8.38. The number of rotatable bonds is 10. The van der Waals surface area contributed by atoms with E-state index < -0.39 is 11.5 Å². The van der Waals surface area contributed by atoms with Crippen LogP contribution >= 0.6 is 0 Å². The first-order chi connectivity index (χ1) is 11.3. The van der Waals surface area contributed by atoms with Crippen LogP contribution < -0.4 is 15.4 Å². The average Bonchev–Trinajstić information content (AvgIpc) is 2.49. The van der Waals surface area contributed by atoms with Crippen LogP contribution in [0.1, 0.15) is 33.1 Å². The van der Waals surface area contributed by atoms with Crippen LogP contribution in [0.5, 0.6) is 5.75 Å². The highest BCUT2D eigenvalue weighted by Gasteiger charge is 2.21. The van der Waals surface area contributed by atoms with Crippen molar-refractivity contribution in [3.63, 3.8) is 0 Å². The lowest BCUT2D eigenvalue weighted by atomic mass is 9.99. The zero-order valence-corrected chi connectivity index (χ0v) is 14.4. The minimum Gasteiger partial charge on any atom is -0.493 e. The average molecular weight is 338 g/mol. The Kier molecular flexibility index (Phi) is 8.05. The van der Waals surface area contributed by atoms with Gasteiger partial charge in [0.15, 0.2) is 0 Å². The largest absolute Gasteiger partial charge is 0.493 e. The fourth-order valence-electron chi connectivity index (χ4n) is 2.01. The van der Waals surface area contributed by atoms with Crippen LogP contribution in [0.3, 0.4) is 0 Å². The summed E-state index contributed by atoms with van der Waals surface area (Å²) in [5, 5.41) is 14.2. The number of methoxy groups -OCH3 is 1. The van der Waals surface area contributed by atoms with Gasteiger partial charge in [-0.25, -0.2) is 4.79 Å². The standard InChI is InChI=1S/C17H26N2O5/c1-17(2,9-8-15(20)21)19-16(22)18-13-6-4-7-14(12-13)24-11-5-10-23-3/h4,6-7,12H,5,8-11H2,1-3H3,(H,20,21)(H2,18,19,22). The van der Waals surface area contributed by atoms with Gasteiger partial charge < -0.3 is 25.2 Å². The minimum absolute atomic E-state index is 0.00191. The fraction of sp³-hybridized carbons (Fsp3) is 0.529. The van der Waals surface area contributed by atoms with Gasteiger partial charge in [-0.2, -0.15) is 0 Å². The molecule has 0 aliphatic carbocycles. The van der Waals surface area contributed by atoms with Gasteiger partial charge in [0.05, 0.1) is 6.61 Å². The summed E-state index contributed by atoms with van der Waals surface area (Å²) >= 11 is 0. The molecule has 0 aliphatic rings. The van der Waals surface area contributed by atoms with Gasteiger partial charge in [0.2, 0.25) is 0 Å². The van der Waals surface area contributed by atoms with E-state index in [-0.39, 0.29) is 12.5 Å². The molecule has 0 aliphatic heterocycles. The van der Waals surface area contributed by atoms with E-state index in [9.17, 15) is 9.59 Å². The lowest BCUT2D eigenvalue weighted by molar-refractivity contribution is -0.137. The van der Waals surface area contributed by atoms with Crippen molar-refractivity contribution in [2.24, 2.45) is 0 Å². The highest BCUT2D eigenvalue weighted by molar-refractivity contribution is 5.89. The van der Waals surface area contributed by atoms with Crippen molar-refractivity contribution in [2.45, 2.75) is 38.6 Å². The predicted octanol–water partition coefficient (Wildman–Crippen LogP) is 2.87. The van der Waals surface area contributed by atoms with Crippen molar-refractivity contribution in [3.05, 3.63) is 24.3 Å². The maximum absolute atomic E-state index is 12.1. The van der Waals surface area contributed by atoms with E-state index in [0.29, 0.717) is 31.1 Å². The van der Waals surface area contributed by atoms with Gasteiger partial charge in [-0.15, -0.1) is 0 Å². The summed E-state index contributed by atoms with van der Waals surface area (Å²) in [4.78, 5) is 22.7. The summed E-state index contributed by atoms with van der Waals surface area (Å²) < 4.78 is 10.5. The van der Waals surface area contributed by atoms with Crippen molar-refractivity contribution in [1.82, 2.24) is 5.32 Å². The molecule has 0 heterocycles. The summed E-state index contributed by atoms with van der Waals surface area (Å²) in [5.41, 5.74) is -0.0118. The molecule has 24 heavy (non-hydrogen) atoms. The van der Waals surface area contributed by atoms with E-state index >= 15 is 0 Å². The van der Waals surface area contributed by atoms with E-state index in [2.05, 4.69) is 10.6 Å². The van der Waals surface area contributed by atoms with E-state index in [4.69, 9.17) is 14.6 Å². The molecular formula is C17H26N2O5. The normalized spacial score (nSPS) is 11.0. The monoisotopic (exact) mass is 338 g/mol. The Bertz CT molecular complexity index is 546. The van der Waals surface area contributed by atoms with Crippen LogP contribution in [-0.2, 0) is 9.53 Å². The van der Waals surface area contributed by atoms with Crippen molar-refractivity contribution in [1.29, 1.82) is 0 Å². The molecule has 0 aromatic heterocycles. The number of aliphatic carboxylic acids is 1. The summed E-state index contributed by atoms with van der Waals surface area (Å²) in [7, 11) is 1.64. The van der Waals surface area contributed by atoms with E-state index in [0.717, 1.165) is 6.42 Å². The number of carboxylic acid groups (broad SMARTS) is 1. The molecule has 0 bridgehead atoms. The third-order valence-electron chi connectivity index (χ3n) is 3.27. The Hall–Kier alpha value is -2.28. The molecule has 0 atom stereocenters. The molecule has 7 nitrogen and oxygen atoms in total. The molecule has 0 fully saturated rings. The molecule has 1 aromatic rings. The van der Waals surface area contributed by atoms with Gasteiger partial charge in [-0.3, -0.25) is 4.79 Å². The zero-order valence-electron chi connectivity index (χ0n) is 14.4. The molecule has 134 valence electrons. The summed E-state index contributed by atoms with van der Waals surface area (Å²) in [6, 6.07) is 6.70. The van der Waals surface area contributed by atoms with Gasteiger partial charge in [0.1, 0.15) is 5.75 Å². The van der Waals surface area contributed by atoms with Crippen molar-refractivity contribution < 1.29 is 24.2 Å². The van der Waals surface area contributed by atoms with Gasteiger partial charge in [-0.1, -0.05) is 6.07 Å². The summed E-state index contributed by atoms with van der Waals surface area (Å²) in [6.45, 7) is 4.73. The SMILES string of the molecule is COCCCOc1cccc(NC(=O)NC(C)(C)CCC(=O)O)c1. The first-order valence-electron chi connectivity index (χ1n) is 7.85. The number of carboxylic acids is 1. The summed E-state index contributed by atoms with van der Waals surface area (Å²) in [6.07, 6.45) is 1.13. The maximum atomic E-state index is 12.1. The van der Waals surface area contributed by atoms with Crippen LogP contribution in [0.15, 0.2) is 24.3 Å². The highest BCUT2D eigenvalue weighted by atomic mass is 16.5. The Morgan fingerprint density at radius 2 is 2.00 bits per heavy atom. The molecule has 0 radical (unpaired) electrons. The molecular weight excluding hydrogens is 312 g/mol. The predicted molar refractivity (Wildman–Crippen MR) is 91.5 cm³/mol.